The zero-order valence-electron chi connectivity index (χ0n) is 8.25. The van der Waals surface area contributed by atoms with E-state index in [0.29, 0.717) is 0 Å². The van der Waals surface area contributed by atoms with Gasteiger partial charge in [-0.1, -0.05) is 15.9 Å². The number of ether oxygens (including phenoxy) is 1. The Bertz CT molecular complexity index is 370. The molecule has 1 aromatic heterocycles. The molecule has 0 aliphatic rings. The summed E-state index contributed by atoms with van der Waals surface area (Å²) in [6.45, 7) is 0. The third-order valence-corrected chi connectivity index (χ3v) is 2.49. The van der Waals surface area contributed by atoms with Crippen molar-refractivity contribution < 1.29 is 23.0 Å². The predicted molar refractivity (Wildman–Crippen MR) is 54.5 cm³/mol. The van der Waals surface area contributed by atoms with Crippen molar-refractivity contribution in [1.29, 1.82) is 0 Å². The van der Waals surface area contributed by atoms with Gasteiger partial charge in [0.2, 0.25) is 5.88 Å². The van der Waals surface area contributed by atoms with Gasteiger partial charge < -0.3 is 9.84 Å². The molecule has 0 amide bonds. The number of nitrogens with zero attached hydrogens (tertiary/aromatic N) is 1. The third-order valence-electron chi connectivity index (χ3n) is 1.88. The highest BCUT2D eigenvalue weighted by molar-refractivity contribution is 9.09. The predicted octanol–water partition coefficient (Wildman–Crippen LogP) is 2.54. The van der Waals surface area contributed by atoms with Gasteiger partial charge in [0.25, 0.3) is 0 Å². The number of aromatic nitrogens is 1. The highest BCUT2D eigenvalue weighted by atomic mass is 79.9. The van der Waals surface area contributed by atoms with Crippen molar-refractivity contribution in [3.8, 4) is 5.88 Å². The van der Waals surface area contributed by atoms with Crippen molar-refractivity contribution in [1.82, 2.24) is 4.98 Å². The Balaban J connectivity index is 3.17. The van der Waals surface area contributed by atoms with E-state index >= 15 is 0 Å². The van der Waals surface area contributed by atoms with E-state index in [2.05, 4.69) is 20.9 Å². The average molecular weight is 300 g/mol. The molecule has 0 aliphatic carbocycles. The minimum Gasteiger partial charge on any atom is -0.481 e. The lowest BCUT2D eigenvalue weighted by atomic mass is 10.1. The van der Waals surface area contributed by atoms with Gasteiger partial charge in [-0.05, 0) is 12.1 Å². The number of methoxy groups -OCH3 is 1. The lowest BCUT2D eigenvalue weighted by Crippen LogP contribution is -2.11. The van der Waals surface area contributed by atoms with Crippen LogP contribution in [0.25, 0.3) is 0 Å². The molecule has 1 unspecified atom stereocenters. The number of rotatable bonds is 3. The number of aliphatic hydroxyl groups is 1. The zero-order chi connectivity index (χ0) is 12.3. The van der Waals surface area contributed by atoms with E-state index in [1.807, 2.05) is 0 Å². The quantitative estimate of drug-likeness (QED) is 0.872. The summed E-state index contributed by atoms with van der Waals surface area (Å²) in [5.41, 5.74) is -0.831. The Labute approximate surface area is 98.4 Å². The normalized spacial score (nSPS) is 13.6. The first-order valence-corrected chi connectivity index (χ1v) is 5.38. The van der Waals surface area contributed by atoms with E-state index in [1.165, 1.54) is 7.11 Å². The highest BCUT2D eigenvalue weighted by Crippen LogP contribution is 2.32. The van der Waals surface area contributed by atoms with Crippen molar-refractivity contribution in [2.75, 3.05) is 12.4 Å². The average Bonchev–Trinajstić information content (AvgIpc) is 2.26. The summed E-state index contributed by atoms with van der Waals surface area (Å²) in [4.78, 5) is 3.30. The van der Waals surface area contributed by atoms with Gasteiger partial charge in [-0.25, -0.2) is 4.98 Å². The maximum Gasteiger partial charge on any atom is 0.433 e. The first-order valence-electron chi connectivity index (χ1n) is 4.26. The second-order valence-corrected chi connectivity index (χ2v) is 3.61. The van der Waals surface area contributed by atoms with E-state index < -0.39 is 18.0 Å². The Morgan fingerprint density at radius 3 is 2.56 bits per heavy atom. The summed E-state index contributed by atoms with van der Waals surface area (Å²) in [6, 6.07) is 1.96. The van der Waals surface area contributed by atoms with Gasteiger partial charge in [-0.15, -0.1) is 0 Å². The zero-order valence-corrected chi connectivity index (χ0v) is 9.84. The Morgan fingerprint density at radius 1 is 1.50 bits per heavy atom. The van der Waals surface area contributed by atoms with Crippen molar-refractivity contribution in [3.05, 3.63) is 23.4 Å². The van der Waals surface area contributed by atoms with Crippen LogP contribution in [0.2, 0.25) is 0 Å². The molecule has 1 rings (SSSR count). The number of hydrogen-bond donors (Lipinski definition) is 1. The second kappa shape index (κ2) is 5.01. The van der Waals surface area contributed by atoms with Crippen LogP contribution in [0.5, 0.6) is 5.88 Å². The topological polar surface area (TPSA) is 42.4 Å². The van der Waals surface area contributed by atoms with E-state index in [4.69, 9.17) is 4.74 Å². The lowest BCUT2D eigenvalue weighted by molar-refractivity contribution is -0.141. The van der Waals surface area contributed by atoms with E-state index in [-0.39, 0.29) is 16.8 Å². The summed E-state index contributed by atoms with van der Waals surface area (Å²) in [5.74, 6) is -0.221. The molecular weight excluding hydrogens is 291 g/mol. The largest absolute Gasteiger partial charge is 0.481 e. The first kappa shape index (κ1) is 13.2. The van der Waals surface area contributed by atoms with Crippen LogP contribution in [-0.2, 0) is 6.18 Å². The van der Waals surface area contributed by atoms with Crippen LogP contribution in [0.1, 0.15) is 17.4 Å². The Morgan fingerprint density at radius 2 is 2.12 bits per heavy atom. The smallest absolute Gasteiger partial charge is 0.433 e. The summed E-state index contributed by atoms with van der Waals surface area (Å²) in [6.07, 6.45) is -5.48. The molecule has 0 aromatic carbocycles. The minimum absolute atomic E-state index is 0.191. The third kappa shape index (κ3) is 2.85. The highest BCUT2D eigenvalue weighted by Gasteiger charge is 2.33. The molecule has 1 N–H and O–H groups in total. The number of alkyl halides is 4. The van der Waals surface area contributed by atoms with Crippen molar-refractivity contribution in [3.63, 3.8) is 0 Å². The maximum atomic E-state index is 12.3. The monoisotopic (exact) mass is 299 g/mol. The molecule has 90 valence electrons. The van der Waals surface area contributed by atoms with Crippen LogP contribution >= 0.6 is 15.9 Å². The van der Waals surface area contributed by atoms with Gasteiger partial charge in [0.1, 0.15) is 5.69 Å². The van der Waals surface area contributed by atoms with Crippen LogP contribution in [0, 0.1) is 0 Å². The second-order valence-electron chi connectivity index (χ2n) is 2.96. The molecule has 16 heavy (non-hydrogen) atoms. The summed E-state index contributed by atoms with van der Waals surface area (Å²) in [7, 11) is 1.20. The molecule has 7 heteroatoms. The van der Waals surface area contributed by atoms with Crippen LogP contribution in [0.4, 0.5) is 13.2 Å². The Kier molecular flexibility index (Phi) is 4.15. The lowest BCUT2D eigenvalue weighted by Gasteiger charge is -2.13. The van der Waals surface area contributed by atoms with E-state index in [1.54, 1.807) is 0 Å². The molecule has 0 spiro atoms. The molecule has 0 fully saturated rings. The SMILES string of the molecule is COc1nc(C(F)(F)F)ccc1C(O)CBr. The van der Waals surface area contributed by atoms with Gasteiger partial charge in [-0.3, -0.25) is 0 Å². The van der Waals surface area contributed by atoms with Crippen LogP contribution < -0.4 is 4.74 Å². The summed E-state index contributed by atoms with van der Waals surface area (Å²) >= 11 is 3.02. The molecule has 0 saturated carbocycles. The van der Waals surface area contributed by atoms with Gasteiger partial charge in [0.05, 0.1) is 13.2 Å². The summed E-state index contributed by atoms with van der Waals surface area (Å²) in [5, 5.41) is 9.68. The fourth-order valence-electron chi connectivity index (χ4n) is 1.11. The molecule has 1 heterocycles. The molecule has 0 aliphatic heterocycles. The number of halogens is 4. The molecular formula is C9H9BrF3NO2. The number of hydrogen-bond acceptors (Lipinski definition) is 3. The maximum absolute atomic E-state index is 12.3. The minimum atomic E-state index is -4.52. The van der Waals surface area contributed by atoms with Crippen LogP contribution in [-0.4, -0.2) is 22.5 Å². The van der Waals surface area contributed by atoms with Gasteiger partial charge >= 0.3 is 6.18 Å². The van der Waals surface area contributed by atoms with E-state index in [0.717, 1.165) is 12.1 Å². The first-order chi connectivity index (χ1) is 7.40. The van der Waals surface area contributed by atoms with Crippen LogP contribution in [0.15, 0.2) is 12.1 Å². The molecule has 0 saturated heterocycles. The van der Waals surface area contributed by atoms with Gasteiger partial charge in [0, 0.05) is 10.9 Å². The Hall–Kier alpha value is -0.820. The molecule has 3 nitrogen and oxygen atoms in total. The van der Waals surface area contributed by atoms with E-state index in [9.17, 15) is 18.3 Å². The fraction of sp³-hybridized carbons (Fsp3) is 0.444. The van der Waals surface area contributed by atoms with Crippen LogP contribution in [0.3, 0.4) is 0 Å². The van der Waals surface area contributed by atoms with Gasteiger partial charge in [0.15, 0.2) is 0 Å². The number of aliphatic hydroxyl groups excluding tert-OH is 1. The van der Waals surface area contributed by atoms with Gasteiger partial charge in [-0.2, -0.15) is 13.2 Å². The molecule has 1 atom stereocenters. The fourth-order valence-corrected chi connectivity index (χ4v) is 1.46. The molecule has 0 bridgehead atoms. The number of pyridine rings is 1. The standard InChI is InChI=1S/C9H9BrF3NO2/c1-16-8-5(6(15)4-10)2-3-7(14-8)9(11,12)13/h2-3,6,15H,4H2,1H3. The van der Waals surface area contributed by atoms with Crippen molar-refractivity contribution >= 4 is 15.9 Å². The summed E-state index contributed by atoms with van der Waals surface area (Å²) < 4.78 is 41.7. The van der Waals surface area contributed by atoms with Crippen molar-refractivity contribution in [2.45, 2.75) is 12.3 Å². The molecule has 0 radical (unpaired) electrons. The van der Waals surface area contributed by atoms with Crippen molar-refractivity contribution in [2.24, 2.45) is 0 Å². The molecule has 1 aromatic rings.